The molecule has 38 heavy (non-hydrogen) atoms. The van der Waals surface area contributed by atoms with Crippen LogP contribution in [0, 0.1) is 0 Å². The number of benzene rings is 5. The summed E-state index contributed by atoms with van der Waals surface area (Å²) in [4.78, 5) is 4.74. The average molecular weight is 485 g/mol. The first-order chi connectivity index (χ1) is 18.9. The van der Waals surface area contributed by atoms with Crippen molar-refractivity contribution in [2.75, 3.05) is 0 Å². The zero-order valence-corrected chi connectivity index (χ0v) is 20.8. The lowest BCUT2D eigenvalue weighted by molar-refractivity contribution is 1.18. The molecule has 0 amide bonds. The molecule has 1 aliphatic rings. The molecule has 0 bridgehead atoms. The number of aromatic nitrogens is 2. The van der Waals surface area contributed by atoms with Crippen LogP contribution in [-0.4, -0.2) is 9.55 Å². The zero-order chi connectivity index (χ0) is 25.1. The Kier molecular flexibility index (Phi) is 4.62. The molecule has 0 spiro atoms. The third kappa shape index (κ3) is 3.04. The number of rotatable bonds is 3. The van der Waals surface area contributed by atoms with E-state index in [2.05, 4.69) is 132 Å². The van der Waals surface area contributed by atoms with Gasteiger partial charge in [0.05, 0.1) is 11.0 Å². The van der Waals surface area contributed by atoms with Crippen molar-refractivity contribution in [2.45, 2.75) is 6.42 Å². The van der Waals surface area contributed by atoms with Crippen molar-refractivity contribution >= 4 is 21.8 Å². The summed E-state index contributed by atoms with van der Waals surface area (Å²) >= 11 is 0. The highest BCUT2D eigenvalue weighted by Crippen LogP contribution is 2.48. The van der Waals surface area contributed by atoms with Crippen LogP contribution in [0.4, 0.5) is 0 Å². The monoisotopic (exact) mass is 484 g/mol. The third-order valence-corrected chi connectivity index (χ3v) is 7.90. The van der Waals surface area contributed by atoms with E-state index < -0.39 is 0 Å². The van der Waals surface area contributed by atoms with Crippen LogP contribution in [-0.2, 0) is 6.42 Å². The molecule has 2 heterocycles. The summed E-state index contributed by atoms with van der Waals surface area (Å²) in [5.41, 5.74) is 13.8. The maximum atomic E-state index is 4.74. The first-order valence-corrected chi connectivity index (χ1v) is 13.1. The molecule has 0 N–H and O–H groups in total. The number of nitrogens with zero attached hydrogens (tertiary/aromatic N) is 2. The van der Waals surface area contributed by atoms with Gasteiger partial charge < -0.3 is 4.57 Å². The number of hydrogen-bond donors (Lipinski definition) is 0. The molecule has 1 aliphatic carbocycles. The topological polar surface area (TPSA) is 17.8 Å². The van der Waals surface area contributed by atoms with Gasteiger partial charge in [-0.05, 0) is 63.2 Å². The Morgan fingerprint density at radius 2 is 1.24 bits per heavy atom. The minimum absolute atomic E-state index is 0.933. The van der Waals surface area contributed by atoms with Crippen molar-refractivity contribution in [3.8, 4) is 39.1 Å². The van der Waals surface area contributed by atoms with Crippen LogP contribution >= 0.6 is 0 Å². The van der Waals surface area contributed by atoms with Crippen LogP contribution in [0.3, 0.4) is 0 Å². The predicted molar refractivity (Wildman–Crippen MR) is 158 cm³/mol. The highest BCUT2D eigenvalue weighted by molar-refractivity contribution is 6.19. The Labute approximate surface area is 221 Å². The van der Waals surface area contributed by atoms with Crippen molar-refractivity contribution in [1.82, 2.24) is 9.55 Å². The van der Waals surface area contributed by atoms with Crippen LogP contribution < -0.4 is 0 Å². The SMILES string of the molecule is c1ccc(-c2c(-c3cncc4c3-c3ccccc3C4)ccc3c2c2ccccc2n3-c2ccccc2)cc1. The minimum Gasteiger partial charge on any atom is -0.309 e. The van der Waals surface area contributed by atoms with Crippen molar-refractivity contribution in [2.24, 2.45) is 0 Å². The van der Waals surface area contributed by atoms with E-state index in [9.17, 15) is 0 Å². The summed E-state index contributed by atoms with van der Waals surface area (Å²) < 4.78 is 2.39. The van der Waals surface area contributed by atoms with Gasteiger partial charge in [-0.25, -0.2) is 0 Å². The molecule has 178 valence electrons. The van der Waals surface area contributed by atoms with Gasteiger partial charge in [0.25, 0.3) is 0 Å². The first-order valence-electron chi connectivity index (χ1n) is 13.1. The van der Waals surface area contributed by atoms with Gasteiger partial charge in [-0.3, -0.25) is 4.98 Å². The number of pyridine rings is 1. The molecule has 2 nitrogen and oxygen atoms in total. The second-order valence-electron chi connectivity index (χ2n) is 9.99. The molecule has 2 heteroatoms. The molecular formula is C36H24N2. The highest BCUT2D eigenvalue weighted by atomic mass is 15.0. The van der Waals surface area contributed by atoms with Gasteiger partial charge >= 0.3 is 0 Å². The van der Waals surface area contributed by atoms with Crippen LogP contribution in [0.25, 0.3) is 60.9 Å². The lowest BCUT2D eigenvalue weighted by Gasteiger charge is -2.16. The standard InChI is InChI=1S/C36H24N2/c1-3-11-24(12-4-1)35-29(31-23-37-22-26-21-25-13-7-8-16-28(25)34(26)31)19-20-33-36(35)30-17-9-10-18-32(30)38(33)27-14-5-2-6-15-27/h1-20,22-23H,21H2. The first kappa shape index (κ1) is 21.2. The fourth-order valence-corrected chi connectivity index (χ4v) is 6.33. The molecule has 0 saturated carbocycles. The van der Waals surface area contributed by atoms with Crippen molar-refractivity contribution in [3.63, 3.8) is 0 Å². The maximum absolute atomic E-state index is 4.74. The third-order valence-electron chi connectivity index (χ3n) is 7.90. The van der Waals surface area contributed by atoms with Crippen molar-refractivity contribution in [3.05, 3.63) is 145 Å². The average Bonchev–Trinajstić information content (AvgIpc) is 3.53. The molecule has 0 aliphatic heterocycles. The second-order valence-corrected chi connectivity index (χ2v) is 9.99. The van der Waals surface area contributed by atoms with Gasteiger partial charge in [-0.1, -0.05) is 97.1 Å². The van der Waals surface area contributed by atoms with Gasteiger partial charge in [0.2, 0.25) is 0 Å². The zero-order valence-electron chi connectivity index (χ0n) is 20.8. The van der Waals surface area contributed by atoms with Crippen LogP contribution in [0.2, 0.25) is 0 Å². The normalized spacial score (nSPS) is 12.1. The molecule has 8 rings (SSSR count). The molecule has 0 unspecified atom stereocenters. The molecule has 0 fully saturated rings. The summed E-state index contributed by atoms with van der Waals surface area (Å²) in [5.74, 6) is 0. The lowest BCUT2D eigenvalue weighted by Crippen LogP contribution is -1.95. The molecule has 0 saturated heterocycles. The summed E-state index contributed by atoms with van der Waals surface area (Å²) in [6.45, 7) is 0. The largest absolute Gasteiger partial charge is 0.309 e. The Hall–Kier alpha value is -4.95. The lowest BCUT2D eigenvalue weighted by atomic mass is 9.88. The number of hydrogen-bond acceptors (Lipinski definition) is 1. The van der Waals surface area contributed by atoms with Crippen LogP contribution in [0.5, 0.6) is 0 Å². The Bertz CT molecular complexity index is 1980. The van der Waals surface area contributed by atoms with Crippen LogP contribution in [0.15, 0.2) is 134 Å². The second kappa shape index (κ2) is 8.29. The smallest absolute Gasteiger partial charge is 0.0547 e. The van der Waals surface area contributed by atoms with Gasteiger partial charge in [0, 0.05) is 40.8 Å². The molecular weight excluding hydrogens is 460 g/mol. The highest BCUT2D eigenvalue weighted by Gasteiger charge is 2.25. The van der Waals surface area contributed by atoms with E-state index in [0.29, 0.717) is 0 Å². The molecule has 7 aromatic rings. The van der Waals surface area contributed by atoms with E-state index in [1.54, 1.807) is 0 Å². The summed E-state index contributed by atoms with van der Waals surface area (Å²) in [6, 6.07) is 43.7. The predicted octanol–water partition coefficient (Wildman–Crippen LogP) is 9.08. The van der Waals surface area contributed by atoms with Gasteiger partial charge in [-0.15, -0.1) is 0 Å². The summed E-state index contributed by atoms with van der Waals surface area (Å²) in [6.07, 6.45) is 5.04. The van der Waals surface area contributed by atoms with E-state index in [-0.39, 0.29) is 0 Å². The maximum Gasteiger partial charge on any atom is 0.0547 e. The Morgan fingerprint density at radius 3 is 2.11 bits per heavy atom. The van der Waals surface area contributed by atoms with E-state index in [4.69, 9.17) is 4.98 Å². The molecule has 2 aromatic heterocycles. The van der Waals surface area contributed by atoms with E-state index >= 15 is 0 Å². The molecule has 0 radical (unpaired) electrons. The summed E-state index contributed by atoms with van der Waals surface area (Å²) in [5, 5.41) is 2.53. The van der Waals surface area contributed by atoms with Gasteiger partial charge in [-0.2, -0.15) is 0 Å². The Balaban J connectivity index is 1.53. The minimum atomic E-state index is 0.933. The van der Waals surface area contributed by atoms with Gasteiger partial charge in [0.15, 0.2) is 0 Å². The van der Waals surface area contributed by atoms with E-state index in [1.807, 2.05) is 6.20 Å². The fraction of sp³-hybridized carbons (Fsp3) is 0.0278. The van der Waals surface area contributed by atoms with Crippen molar-refractivity contribution < 1.29 is 0 Å². The summed E-state index contributed by atoms with van der Waals surface area (Å²) in [7, 11) is 0. The van der Waals surface area contributed by atoms with Crippen LogP contribution in [0.1, 0.15) is 11.1 Å². The fourth-order valence-electron chi connectivity index (χ4n) is 6.33. The van der Waals surface area contributed by atoms with Crippen molar-refractivity contribution in [1.29, 1.82) is 0 Å². The number of fused-ring (bicyclic) bond motifs is 6. The number of para-hydroxylation sites is 2. The molecule has 5 aromatic carbocycles. The molecule has 0 atom stereocenters. The van der Waals surface area contributed by atoms with E-state index in [0.717, 1.165) is 6.42 Å². The Morgan fingerprint density at radius 1 is 0.500 bits per heavy atom. The van der Waals surface area contributed by atoms with E-state index in [1.165, 1.54) is 72.0 Å². The van der Waals surface area contributed by atoms with Gasteiger partial charge in [0.1, 0.15) is 0 Å². The quantitative estimate of drug-likeness (QED) is 0.244.